The summed E-state index contributed by atoms with van der Waals surface area (Å²) in [7, 11) is 3.21. The fraction of sp³-hybridized carbons (Fsp3) is 0.385. The number of amides is 1. The molecule has 5 nitrogen and oxygen atoms in total. The van der Waals surface area contributed by atoms with Gasteiger partial charge in [0.1, 0.15) is 17.6 Å². The van der Waals surface area contributed by atoms with Gasteiger partial charge in [-0.2, -0.15) is 0 Å². The Kier molecular flexibility index (Phi) is 3.95. The molecule has 102 valence electrons. The highest BCUT2D eigenvalue weighted by Gasteiger charge is 2.20. The van der Waals surface area contributed by atoms with Gasteiger partial charge in [-0.15, -0.1) is 11.6 Å². The molecule has 2 aromatic rings. The second-order valence-electron chi connectivity index (χ2n) is 4.18. The number of fused-ring (bicyclic) bond motifs is 1. The molecule has 1 amide bonds. The molecule has 0 aliphatic carbocycles. The first kappa shape index (κ1) is 13.7. The molecule has 0 saturated heterocycles. The van der Waals surface area contributed by atoms with Gasteiger partial charge in [0.25, 0.3) is 0 Å². The molecule has 0 bridgehead atoms. The van der Waals surface area contributed by atoms with Crippen molar-refractivity contribution < 1.29 is 9.53 Å². The van der Waals surface area contributed by atoms with Crippen LogP contribution in [-0.4, -0.2) is 29.6 Å². The Hall–Kier alpha value is -1.75. The van der Waals surface area contributed by atoms with Gasteiger partial charge in [0.15, 0.2) is 0 Å². The summed E-state index contributed by atoms with van der Waals surface area (Å²) in [5.41, 5.74) is 1.64. The van der Waals surface area contributed by atoms with Crippen molar-refractivity contribution in [2.75, 3.05) is 14.2 Å². The summed E-state index contributed by atoms with van der Waals surface area (Å²) in [5.74, 6) is 1.55. The largest absolute Gasteiger partial charge is 0.497 e. The molecule has 0 spiro atoms. The topological polar surface area (TPSA) is 56.2 Å². The van der Waals surface area contributed by atoms with Crippen LogP contribution in [-0.2, 0) is 10.7 Å². The monoisotopic (exact) mass is 281 g/mol. The van der Waals surface area contributed by atoms with Crippen LogP contribution in [0.25, 0.3) is 11.0 Å². The molecule has 6 heteroatoms. The van der Waals surface area contributed by atoms with Crippen molar-refractivity contribution >= 4 is 28.5 Å². The second kappa shape index (κ2) is 5.48. The lowest BCUT2D eigenvalue weighted by atomic mass is 10.2. The van der Waals surface area contributed by atoms with Crippen LogP contribution in [0.4, 0.5) is 0 Å². The lowest BCUT2D eigenvalue weighted by Crippen LogP contribution is -2.28. The van der Waals surface area contributed by atoms with Crippen molar-refractivity contribution in [2.45, 2.75) is 18.8 Å². The van der Waals surface area contributed by atoms with Crippen LogP contribution >= 0.6 is 11.6 Å². The van der Waals surface area contributed by atoms with Gasteiger partial charge in [-0.3, -0.25) is 4.79 Å². The summed E-state index contributed by atoms with van der Waals surface area (Å²) in [5, 5.41) is 2.64. The number of ether oxygens (including phenoxy) is 1. The van der Waals surface area contributed by atoms with Gasteiger partial charge < -0.3 is 14.6 Å². The summed E-state index contributed by atoms with van der Waals surface area (Å²) in [6.45, 7) is 1.81. The Morgan fingerprint density at radius 3 is 2.89 bits per heavy atom. The van der Waals surface area contributed by atoms with E-state index < -0.39 is 0 Å². The van der Waals surface area contributed by atoms with Crippen LogP contribution in [0.2, 0.25) is 0 Å². The van der Waals surface area contributed by atoms with Crippen LogP contribution < -0.4 is 10.1 Å². The van der Waals surface area contributed by atoms with E-state index >= 15 is 0 Å². The Balaban J connectivity index is 2.64. The predicted molar refractivity (Wildman–Crippen MR) is 74.6 cm³/mol. The minimum Gasteiger partial charge on any atom is -0.497 e. The number of benzene rings is 1. The molecule has 1 heterocycles. The summed E-state index contributed by atoms with van der Waals surface area (Å²) < 4.78 is 7.05. The minimum atomic E-state index is -0.379. The number of likely N-dealkylation sites (N-methyl/N-ethyl adjacent to an activating group) is 1. The Labute approximate surface area is 116 Å². The number of methoxy groups -OCH3 is 1. The fourth-order valence-electron chi connectivity index (χ4n) is 2.10. The van der Waals surface area contributed by atoms with Crippen molar-refractivity contribution in [3.8, 4) is 5.75 Å². The molecular weight excluding hydrogens is 266 g/mol. The number of carbonyl (C=O) groups excluding carboxylic acids is 1. The van der Waals surface area contributed by atoms with E-state index in [4.69, 9.17) is 16.3 Å². The first-order valence-corrected chi connectivity index (χ1v) is 6.48. The molecule has 0 saturated carbocycles. The lowest BCUT2D eigenvalue weighted by Gasteiger charge is -2.15. The standard InChI is InChI=1S/C13H16ClN3O2/c1-8(13(18)15-2)17-11-6-9(19-3)4-5-10(11)16-12(17)7-14/h4-6,8H,7H2,1-3H3,(H,15,18). The number of alkyl halides is 1. The van der Waals surface area contributed by atoms with Gasteiger partial charge in [-0.25, -0.2) is 4.98 Å². The molecule has 0 radical (unpaired) electrons. The molecule has 1 aromatic heterocycles. The summed E-state index contributed by atoms with van der Waals surface area (Å²) in [6.07, 6.45) is 0. The number of nitrogens with one attached hydrogen (secondary N) is 1. The zero-order valence-electron chi connectivity index (χ0n) is 11.1. The second-order valence-corrected chi connectivity index (χ2v) is 4.44. The maximum absolute atomic E-state index is 11.8. The summed E-state index contributed by atoms with van der Waals surface area (Å²) in [6, 6.07) is 5.17. The third-order valence-electron chi connectivity index (χ3n) is 3.10. The molecule has 1 unspecified atom stereocenters. The molecule has 2 rings (SSSR count). The average molecular weight is 282 g/mol. The van der Waals surface area contributed by atoms with Crippen LogP contribution in [0, 0.1) is 0 Å². The number of aromatic nitrogens is 2. The third-order valence-corrected chi connectivity index (χ3v) is 3.34. The molecule has 0 fully saturated rings. The van der Waals surface area contributed by atoms with Gasteiger partial charge in [0.05, 0.1) is 24.0 Å². The first-order valence-electron chi connectivity index (χ1n) is 5.94. The summed E-state index contributed by atoms with van der Waals surface area (Å²) >= 11 is 5.92. The molecule has 0 aliphatic rings. The highest BCUT2D eigenvalue weighted by atomic mass is 35.5. The van der Waals surface area contributed by atoms with E-state index in [1.165, 1.54) is 0 Å². The van der Waals surface area contributed by atoms with Gasteiger partial charge in [-0.05, 0) is 19.1 Å². The van der Waals surface area contributed by atoms with Crippen molar-refractivity contribution in [3.05, 3.63) is 24.0 Å². The number of rotatable bonds is 4. The smallest absolute Gasteiger partial charge is 0.242 e. The van der Waals surface area contributed by atoms with E-state index in [1.807, 2.05) is 29.7 Å². The zero-order chi connectivity index (χ0) is 14.0. The minimum absolute atomic E-state index is 0.0894. The SMILES string of the molecule is CNC(=O)C(C)n1c(CCl)nc2ccc(OC)cc21. The Bertz CT molecular complexity index is 609. The van der Waals surface area contributed by atoms with E-state index in [1.54, 1.807) is 14.2 Å². The van der Waals surface area contributed by atoms with Crippen molar-refractivity contribution in [3.63, 3.8) is 0 Å². The van der Waals surface area contributed by atoms with E-state index in [9.17, 15) is 4.79 Å². The molecule has 1 aromatic carbocycles. The lowest BCUT2D eigenvalue weighted by molar-refractivity contribution is -0.123. The van der Waals surface area contributed by atoms with Crippen molar-refractivity contribution in [1.82, 2.24) is 14.9 Å². The van der Waals surface area contributed by atoms with Crippen LogP contribution in [0.3, 0.4) is 0 Å². The third kappa shape index (κ3) is 2.38. The maximum Gasteiger partial charge on any atom is 0.242 e. The molecule has 0 aliphatic heterocycles. The van der Waals surface area contributed by atoms with E-state index in [0.717, 1.165) is 16.8 Å². The molecule has 1 N–H and O–H groups in total. The van der Waals surface area contributed by atoms with Crippen molar-refractivity contribution in [2.24, 2.45) is 0 Å². The number of halogens is 1. The van der Waals surface area contributed by atoms with Gasteiger partial charge in [0.2, 0.25) is 5.91 Å². The highest BCUT2D eigenvalue weighted by molar-refractivity contribution is 6.17. The van der Waals surface area contributed by atoms with E-state index in [2.05, 4.69) is 10.3 Å². The Morgan fingerprint density at radius 2 is 2.32 bits per heavy atom. The maximum atomic E-state index is 11.8. The molecular formula is C13H16ClN3O2. The highest BCUT2D eigenvalue weighted by Crippen LogP contribution is 2.26. The van der Waals surface area contributed by atoms with Gasteiger partial charge >= 0.3 is 0 Å². The van der Waals surface area contributed by atoms with Gasteiger partial charge in [-0.1, -0.05) is 0 Å². The van der Waals surface area contributed by atoms with Crippen LogP contribution in [0.5, 0.6) is 5.75 Å². The molecule has 1 atom stereocenters. The number of imidazole rings is 1. The Morgan fingerprint density at radius 1 is 1.58 bits per heavy atom. The summed E-state index contributed by atoms with van der Waals surface area (Å²) in [4.78, 5) is 16.3. The number of hydrogen-bond acceptors (Lipinski definition) is 3. The van der Waals surface area contributed by atoms with Gasteiger partial charge in [0, 0.05) is 13.1 Å². The first-order chi connectivity index (χ1) is 9.12. The zero-order valence-corrected chi connectivity index (χ0v) is 11.9. The van der Waals surface area contributed by atoms with Crippen LogP contribution in [0.15, 0.2) is 18.2 Å². The molecule has 19 heavy (non-hydrogen) atoms. The van der Waals surface area contributed by atoms with Crippen LogP contribution in [0.1, 0.15) is 18.8 Å². The average Bonchev–Trinajstić information content (AvgIpc) is 2.82. The quantitative estimate of drug-likeness (QED) is 0.873. The van der Waals surface area contributed by atoms with Crippen molar-refractivity contribution in [1.29, 1.82) is 0 Å². The fourth-order valence-corrected chi connectivity index (χ4v) is 2.29. The normalized spacial score (nSPS) is 12.4. The van der Waals surface area contributed by atoms with E-state index in [-0.39, 0.29) is 17.8 Å². The predicted octanol–water partition coefficient (Wildman–Crippen LogP) is 2.09. The van der Waals surface area contributed by atoms with E-state index in [0.29, 0.717) is 5.82 Å². The number of carbonyl (C=O) groups is 1. The number of nitrogens with zero attached hydrogens (tertiary/aromatic N) is 2. The number of hydrogen-bond donors (Lipinski definition) is 1.